The molecule has 0 aliphatic rings. The van der Waals surface area contributed by atoms with Gasteiger partial charge in [-0.3, -0.25) is 9.78 Å². The highest BCUT2D eigenvalue weighted by atomic mass is 16.1. The fourth-order valence-electron chi connectivity index (χ4n) is 2.78. The lowest BCUT2D eigenvalue weighted by Gasteiger charge is -2.11. The number of hydrogen-bond donors (Lipinski definition) is 4. The lowest BCUT2D eigenvalue weighted by atomic mass is 10.1. The predicted molar refractivity (Wildman–Crippen MR) is 109 cm³/mol. The fraction of sp³-hybridized carbons (Fsp3) is 0.250. The van der Waals surface area contributed by atoms with Crippen molar-refractivity contribution in [1.29, 1.82) is 0 Å². The van der Waals surface area contributed by atoms with Crippen molar-refractivity contribution in [3.8, 4) is 0 Å². The van der Waals surface area contributed by atoms with Crippen LogP contribution < -0.4 is 16.0 Å². The van der Waals surface area contributed by atoms with Gasteiger partial charge in [0, 0.05) is 36.4 Å². The zero-order valence-electron chi connectivity index (χ0n) is 15.3. The van der Waals surface area contributed by atoms with E-state index in [-0.39, 0.29) is 12.5 Å². The van der Waals surface area contributed by atoms with Gasteiger partial charge in [0.25, 0.3) is 0 Å². The SMILES string of the molecule is CCNC(=NCC(=O)Nc1cccnc1)NCCc1c[nH]c2ccccc12. The van der Waals surface area contributed by atoms with Gasteiger partial charge in [-0.1, -0.05) is 18.2 Å². The number of rotatable bonds is 7. The molecule has 7 nitrogen and oxygen atoms in total. The Labute approximate surface area is 158 Å². The second-order valence-corrected chi connectivity index (χ2v) is 6.02. The van der Waals surface area contributed by atoms with Crippen LogP contribution >= 0.6 is 0 Å². The van der Waals surface area contributed by atoms with Gasteiger partial charge in [-0.05, 0) is 37.1 Å². The molecular weight excluding hydrogens is 340 g/mol. The zero-order valence-corrected chi connectivity index (χ0v) is 15.3. The molecule has 3 rings (SSSR count). The van der Waals surface area contributed by atoms with Crippen LogP contribution in [0.5, 0.6) is 0 Å². The summed E-state index contributed by atoms with van der Waals surface area (Å²) in [4.78, 5) is 23.6. The Morgan fingerprint density at radius 3 is 2.89 bits per heavy atom. The maximum Gasteiger partial charge on any atom is 0.246 e. The fourth-order valence-corrected chi connectivity index (χ4v) is 2.78. The molecule has 0 aliphatic heterocycles. The first-order valence-corrected chi connectivity index (χ1v) is 9.03. The Morgan fingerprint density at radius 1 is 1.19 bits per heavy atom. The van der Waals surface area contributed by atoms with Crippen molar-refractivity contribution in [2.75, 3.05) is 25.0 Å². The third kappa shape index (κ3) is 5.31. The van der Waals surface area contributed by atoms with E-state index >= 15 is 0 Å². The molecule has 0 radical (unpaired) electrons. The highest BCUT2D eigenvalue weighted by molar-refractivity contribution is 5.94. The monoisotopic (exact) mass is 364 g/mol. The van der Waals surface area contributed by atoms with E-state index in [1.807, 2.05) is 25.3 Å². The van der Waals surface area contributed by atoms with Gasteiger partial charge in [0.05, 0.1) is 11.9 Å². The van der Waals surface area contributed by atoms with E-state index in [0.717, 1.165) is 25.0 Å². The van der Waals surface area contributed by atoms with Gasteiger partial charge in [0.1, 0.15) is 6.54 Å². The summed E-state index contributed by atoms with van der Waals surface area (Å²) in [5.74, 6) is 0.440. The van der Waals surface area contributed by atoms with Gasteiger partial charge >= 0.3 is 0 Å². The lowest BCUT2D eigenvalue weighted by molar-refractivity contribution is -0.114. The topological polar surface area (TPSA) is 94.2 Å². The third-order valence-electron chi connectivity index (χ3n) is 4.03. The molecule has 0 unspecified atom stereocenters. The molecule has 0 spiro atoms. The second-order valence-electron chi connectivity index (χ2n) is 6.02. The molecule has 0 saturated carbocycles. The van der Waals surface area contributed by atoms with Gasteiger partial charge < -0.3 is 20.9 Å². The van der Waals surface area contributed by atoms with Crippen molar-refractivity contribution >= 4 is 28.5 Å². The maximum atomic E-state index is 12.0. The van der Waals surface area contributed by atoms with Crippen LogP contribution in [0, 0.1) is 0 Å². The Kier molecular flexibility index (Phi) is 6.40. The molecule has 0 atom stereocenters. The number of anilines is 1. The van der Waals surface area contributed by atoms with Crippen LogP contribution in [0.3, 0.4) is 0 Å². The van der Waals surface area contributed by atoms with Crippen molar-refractivity contribution < 1.29 is 4.79 Å². The van der Waals surface area contributed by atoms with Crippen molar-refractivity contribution in [3.05, 3.63) is 60.6 Å². The smallest absolute Gasteiger partial charge is 0.246 e. The maximum absolute atomic E-state index is 12.0. The average molecular weight is 364 g/mol. The van der Waals surface area contributed by atoms with Crippen LogP contribution in [0.25, 0.3) is 10.9 Å². The van der Waals surface area contributed by atoms with E-state index in [0.29, 0.717) is 11.6 Å². The quantitative estimate of drug-likeness (QED) is 0.382. The summed E-state index contributed by atoms with van der Waals surface area (Å²) in [6.45, 7) is 3.48. The normalized spacial score (nSPS) is 11.4. The Morgan fingerprint density at radius 2 is 2.07 bits per heavy atom. The number of nitrogens with one attached hydrogen (secondary N) is 4. The van der Waals surface area contributed by atoms with E-state index in [2.05, 4.69) is 43.0 Å². The highest BCUT2D eigenvalue weighted by Crippen LogP contribution is 2.17. The van der Waals surface area contributed by atoms with Gasteiger partial charge in [-0.2, -0.15) is 0 Å². The minimum absolute atomic E-state index is 0.0390. The lowest BCUT2D eigenvalue weighted by Crippen LogP contribution is -2.39. The number of aliphatic imine (C=N–C) groups is 1. The average Bonchev–Trinajstić information content (AvgIpc) is 3.10. The molecule has 1 amide bonds. The molecule has 140 valence electrons. The zero-order chi connectivity index (χ0) is 18.9. The van der Waals surface area contributed by atoms with Crippen molar-refractivity contribution in [3.63, 3.8) is 0 Å². The number of hydrogen-bond acceptors (Lipinski definition) is 3. The number of carbonyl (C=O) groups is 1. The third-order valence-corrected chi connectivity index (χ3v) is 4.03. The molecule has 2 heterocycles. The number of aromatic amines is 1. The number of guanidine groups is 1. The molecule has 0 aliphatic carbocycles. The molecular formula is C20H24N6O. The van der Waals surface area contributed by atoms with Gasteiger partial charge in [0.2, 0.25) is 5.91 Å². The number of pyridine rings is 1. The summed E-state index contributed by atoms with van der Waals surface area (Å²) in [6, 6.07) is 11.8. The Hall–Kier alpha value is -3.35. The molecule has 2 aromatic heterocycles. The molecule has 1 aromatic carbocycles. The predicted octanol–water partition coefficient (Wildman–Crippen LogP) is 2.30. The number of benzene rings is 1. The molecule has 3 aromatic rings. The van der Waals surface area contributed by atoms with Gasteiger partial charge in [0.15, 0.2) is 5.96 Å². The summed E-state index contributed by atoms with van der Waals surface area (Å²) in [5.41, 5.74) is 3.05. The summed E-state index contributed by atoms with van der Waals surface area (Å²) >= 11 is 0. The van der Waals surface area contributed by atoms with Crippen LogP contribution in [0.1, 0.15) is 12.5 Å². The number of carbonyl (C=O) groups excluding carboxylic acids is 1. The van der Waals surface area contributed by atoms with E-state index in [1.165, 1.54) is 10.9 Å². The molecule has 27 heavy (non-hydrogen) atoms. The van der Waals surface area contributed by atoms with Crippen molar-refractivity contribution in [2.24, 2.45) is 4.99 Å². The largest absolute Gasteiger partial charge is 0.361 e. The minimum atomic E-state index is -0.183. The minimum Gasteiger partial charge on any atom is -0.361 e. The van der Waals surface area contributed by atoms with Crippen molar-refractivity contribution in [2.45, 2.75) is 13.3 Å². The van der Waals surface area contributed by atoms with Gasteiger partial charge in [-0.15, -0.1) is 0 Å². The van der Waals surface area contributed by atoms with Crippen LogP contribution in [-0.4, -0.2) is 41.5 Å². The highest BCUT2D eigenvalue weighted by Gasteiger charge is 2.05. The van der Waals surface area contributed by atoms with E-state index < -0.39 is 0 Å². The van der Waals surface area contributed by atoms with E-state index in [9.17, 15) is 4.79 Å². The first kappa shape index (κ1) is 18.4. The van der Waals surface area contributed by atoms with Crippen LogP contribution in [0.2, 0.25) is 0 Å². The number of nitrogens with zero attached hydrogens (tertiary/aromatic N) is 2. The number of amides is 1. The number of H-pyrrole nitrogens is 1. The standard InChI is InChI=1S/C20H24N6O/c1-2-22-20(25-14-19(27)26-16-6-5-10-21-13-16)23-11-9-15-12-24-18-8-4-3-7-17(15)18/h3-8,10,12-13,24H,2,9,11,14H2,1H3,(H,26,27)(H2,22,23,25). The van der Waals surface area contributed by atoms with Crippen LogP contribution in [0.4, 0.5) is 5.69 Å². The molecule has 0 saturated heterocycles. The molecule has 0 bridgehead atoms. The number of fused-ring (bicyclic) bond motifs is 1. The Bertz CT molecular complexity index is 903. The summed E-state index contributed by atoms with van der Waals surface area (Å²) in [7, 11) is 0. The first-order chi connectivity index (χ1) is 13.3. The Balaban J connectivity index is 1.52. The molecule has 4 N–H and O–H groups in total. The van der Waals surface area contributed by atoms with E-state index in [1.54, 1.807) is 24.5 Å². The first-order valence-electron chi connectivity index (χ1n) is 9.03. The molecule has 7 heteroatoms. The van der Waals surface area contributed by atoms with Crippen LogP contribution in [-0.2, 0) is 11.2 Å². The summed E-state index contributed by atoms with van der Waals surface area (Å²) in [6.07, 6.45) is 6.16. The second kappa shape index (κ2) is 9.38. The summed E-state index contributed by atoms with van der Waals surface area (Å²) < 4.78 is 0. The van der Waals surface area contributed by atoms with Crippen LogP contribution in [0.15, 0.2) is 60.0 Å². The number of para-hydroxylation sites is 1. The van der Waals surface area contributed by atoms with E-state index in [4.69, 9.17) is 0 Å². The number of aromatic nitrogens is 2. The van der Waals surface area contributed by atoms with Gasteiger partial charge in [-0.25, -0.2) is 4.99 Å². The molecule has 0 fully saturated rings. The van der Waals surface area contributed by atoms with Crippen molar-refractivity contribution in [1.82, 2.24) is 20.6 Å². The summed E-state index contributed by atoms with van der Waals surface area (Å²) in [5, 5.41) is 10.4.